The van der Waals surface area contributed by atoms with Gasteiger partial charge in [0.2, 0.25) is 5.91 Å². The van der Waals surface area contributed by atoms with Crippen molar-refractivity contribution in [3.63, 3.8) is 0 Å². The number of hydrogen-bond donors (Lipinski definition) is 2. The molecule has 108 valence electrons. The van der Waals surface area contributed by atoms with Gasteiger partial charge in [-0.15, -0.1) is 0 Å². The normalized spacial score (nSPS) is 16.1. The van der Waals surface area contributed by atoms with E-state index in [1.165, 1.54) is 0 Å². The van der Waals surface area contributed by atoms with Gasteiger partial charge in [-0.2, -0.15) is 0 Å². The molecule has 0 spiro atoms. The molecule has 0 aliphatic carbocycles. The first-order valence-corrected chi connectivity index (χ1v) is 6.85. The molecule has 5 nitrogen and oxygen atoms in total. The molecule has 1 saturated heterocycles. The fraction of sp³-hybridized carbons (Fsp3) is 0.467. The van der Waals surface area contributed by atoms with E-state index in [4.69, 9.17) is 5.73 Å². The molecule has 1 fully saturated rings. The molecule has 1 aliphatic rings. The summed E-state index contributed by atoms with van der Waals surface area (Å²) in [4.78, 5) is 25.1. The highest BCUT2D eigenvalue weighted by atomic mass is 16.3. The van der Waals surface area contributed by atoms with Crippen LogP contribution in [0, 0.1) is 12.8 Å². The maximum absolute atomic E-state index is 12.4. The molecule has 0 bridgehead atoms. The van der Waals surface area contributed by atoms with Gasteiger partial charge >= 0.3 is 0 Å². The molecular weight excluding hydrogens is 256 g/mol. The summed E-state index contributed by atoms with van der Waals surface area (Å²) in [6, 6.07) is 4.98. The van der Waals surface area contributed by atoms with Gasteiger partial charge in [0.05, 0.1) is 0 Å². The first kappa shape index (κ1) is 14.4. The topological polar surface area (TPSA) is 83.6 Å². The highest BCUT2D eigenvalue weighted by Gasteiger charge is 2.25. The largest absolute Gasteiger partial charge is 0.508 e. The molecule has 1 aliphatic heterocycles. The van der Waals surface area contributed by atoms with Crippen LogP contribution in [-0.4, -0.2) is 34.9 Å². The molecule has 0 atom stereocenters. The van der Waals surface area contributed by atoms with Crippen LogP contribution in [0.15, 0.2) is 18.2 Å². The summed E-state index contributed by atoms with van der Waals surface area (Å²) >= 11 is 0. The molecule has 2 amide bonds. The lowest BCUT2D eigenvalue weighted by atomic mass is 9.92. The standard InChI is InChI=1S/C15H20N2O3/c1-10-12(3-2-4-13(10)18)15(20)17-7-5-11(6-8-17)9-14(16)19/h2-4,11,18H,5-9H2,1H3,(H2,16,19). The van der Waals surface area contributed by atoms with E-state index in [1.807, 2.05) is 0 Å². The van der Waals surface area contributed by atoms with Crippen LogP contribution < -0.4 is 5.73 Å². The lowest BCUT2D eigenvalue weighted by Crippen LogP contribution is -2.39. The molecule has 0 unspecified atom stereocenters. The van der Waals surface area contributed by atoms with Gasteiger partial charge < -0.3 is 15.7 Å². The zero-order valence-electron chi connectivity index (χ0n) is 11.6. The van der Waals surface area contributed by atoms with Gasteiger partial charge in [0.1, 0.15) is 5.75 Å². The Bertz CT molecular complexity index is 520. The van der Waals surface area contributed by atoms with E-state index in [1.54, 1.807) is 30.0 Å². The zero-order valence-corrected chi connectivity index (χ0v) is 11.6. The van der Waals surface area contributed by atoms with Crippen molar-refractivity contribution >= 4 is 11.8 Å². The van der Waals surface area contributed by atoms with Gasteiger partial charge in [-0.1, -0.05) is 6.07 Å². The van der Waals surface area contributed by atoms with Crippen molar-refractivity contribution in [2.24, 2.45) is 11.7 Å². The molecule has 5 heteroatoms. The molecule has 20 heavy (non-hydrogen) atoms. The summed E-state index contributed by atoms with van der Waals surface area (Å²) in [5.41, 5.74) is 6.35. The molecule has 3 N–H and O–H groups in total. The van der Waals surface area contributed by atoms with E-state index in [-0.39, 0.29) is 23.5 Å². The molecule has 0 aromatic heterocycles. The van der Waals surface area contributed by atoms with Crippen LogP contribution in [0.1, 0.15) is 35.2 Å². The zero-order chi connectivity index (χ0) is 14.7. The Balaban J connectivity index is 2.02. The van der Waals surface area contributed by atoms with Crippen LogP contribution in [0.4, 0.5) is 0 Å². The minimum absolute atomic E-state index is 0.0593. The van der Waals surface area contributed by atoms with Crippen molar-refractivity contribution in [1.82, 2.24) is 4.90 Å². The third-order valence-electron chi connectivity index (χ3n) is 3.93. The second-order valence-corrected chi connectivity index (χ2v) is 5.36. The summed E-state index contributed by atoms with van der Waals surface area (Å²) in [6.45, 7) is 3.00. The van der Waals surface area contributed by atoms with Crippen LogP contribution in [0.2, 0.25) is 0 Å². The van der Waals surface area contributed by atoms with Gasteiger partial charge in [0.15, 0.2) is 0 Å². The summed E-state index contributed by atoms with van der Waals surface area (Å²) in [6.07, 6.45) is 1.99. The average Bonchev–Trinajstić information content (AvgIpc) is 2.41. The number of nitrogens with two attached hydrogens (primary N) is 1. The number of rotatable bonds is 3. The van der Waals surface area contributed by atoms with Gasteiger partial charge in [-0.3, -0.25) is 9.59 Å². The Labute approximate surface area is 118 Å². The van der Waals surface area contributed by atoms with Crippen LogP contribution in [0.3, 0.4) is 0 Å². The number of aromatic hydroxyl groups is 1. The van der Waals surface area contributed by atoms with E-state index in [0.717, 1.165) is 12.8 Å². The lowest BCUT2D eigenvalue weighted by molar-refractivity contribution is -0.119. The maximum Gasteiger partial charge on any atom is 0.254 e. The van der Waals surface area contributed by atoms with Crippen molar-refractivity contribution in [1.29, 1.82) is 0 Å². The number of carbonyl (C=O) groups excluding carboxylic acids is 2. The Morgan fingerprint density at radius 3 is 2.60 bits per heavy atom. The summed E-state index contributed by atoms with van der Waals surface area (Å²) < 4.78 is 0. The Kier molecular flexibility index (Phi) is 4.27. The Morgan fingerprint density at radius 2 is 2.00 bits per heavy atom. The van der Waals surface area contributed by atoms with E-state index in [0.29, 0.717) is 30.6 Å². The van der Waals surface area contributed by atoms with Crippen LogP contribution >= 0.6 is 0 Å². The van der Waals surface area contributed by atoms with Gasteiger partial charge in [0.25, 0.3) is 5.91 Å². The molecule has 1 heterocycles. The summed E-state index contributed by atoms with van der Waals surface area (Å²) in [7, 11) is 0. The molecule has 1 aromatic rings. The van der Waals surface area contributed by atoms with E-state index in [9.17, 15) is 14.7 Å². The highest BCUT2D eigenvalue weighted by molar-refractivity contribution is 5.96. The summed E-state index contributed by atoms with van der Waals surface area (Å²) in [5, 5.41) is 9.67. The van der Waals surface area contributed by atoms with E-state index in [2.05, 4.69) is 0 Å². The number of piperidine rings is 1. The molecule has 0 saturated carbocycles. The Hall–Kier alpha value is -2.04. The smallest absolute Gasteiger partial charge is 0.254 e. The third-order valence-corrected chi connectivity index (χ3v) is 3.93. The van der Waals surface area contributed by atoms with E-state index >= 15 is 0 Å². The van der Waals surface area contributed by atoms with Gasteiger partial charge in [-0.25, -0.2) is 0 Å². The second-order valence-electron chi connectivity index (χ2n) is 5.36. The predicted octanol–water partition coefficient (Wildman–Crippen LogP) is 1.43. The fourth-order valence-corrected chi connectivity index (χ4v) is 2.65. The average molecular weight is 276 g/mol. The van der Waals surface area contributed by atoms with Crippen molar-refractivity contribution < 1.29 is 14.7 Å². The number of benzene rings is 1. The molecule has 0 radical (unpaired) electrons. The SMILES string of the molecule is Cc1c(O)cccc1C(=O)N1CCC(CC(N)=O)CC1. The number of amides is 2. The minimum Gasteiger partial charge on any atom is -0.508 e. The van der Waals surface area contributed by atoms with Gasteiger partial charge in [0, 0.05) is 30.6 Å². The summed E-state index contributed by atoms with van der Waals surface area (Å²) in [5.74, 6) is 0.0795. The second kappa shape index (κ2) is 5.94. The van der Waals surface area contributed by atoms with E-state index < -0.39 is 0 Å². The number of phenols is 1. The first-order valence-electron chi connectivity index (χ1n) is 6.85. The van der Waals surface area contributed by atoms with Gasteiger partial charge in [-0.05, 0) is 37.8 Å². The maximum atomic E-state index is 12.4. The highest BCUT2D eigenvalue weighted by Crippen LogP contribution is 2.25. The number of carbonyl (C=O) groups is 2. The minimum atomic E-state index is -0.279. The number of primary amides is 1. The molecule has 2 rings (SSSR count). The number of hydrogen-bond acceptors (Lipinski definition) is 3. The van der Waals surface area contributed by atoms with Crippen molar-refractivity contribution in [3.8, 4) is 5.75 Å². The number of phenolic OH excluding ortho intramolecular Hbond substituents is 1. The van der Waals surface area contributed by atoms with Crippen LogP contribution in [-0.2, 0) is 4.79 Å². The van der Waals surface area contributed by atoms with Crippen molar-refractivity contribution in [2.45, 2.75) is 26.2 Å². The van der Waals surface area contributed by atoms with Crippen molar-refractivity contribution in [2.75, 3.05) is 13.1 Å². The third kappa shape index (κ3) is 3.10. The first-order chi connectivity index (χ1) is 9.49. The molecular formula is C15H20N2O3. The Morgan fingerprint density at radius 1 is 1.35 bits per heavy atom. The lowest BCUT2D eigenvalue weighted by Gasteiger charge is -2.32. The fourth-order valence-electron chi connectivity index (χ4n) is 2.65. The number of likely N-dealkylation sites (tertiary alicyclic amines) is 1. The molecule has 1 aromatic carbocycles. The predicted molar refractivity (Wildman–Crippen MR) is 75.3 cm³/mol. The van der Waals surface area contributed by atoms with Crippen molar-refractivity contribution in [3.05, 3.63) is 29.3 Å². The van der Waals surface area contributed by atoms with Crippen LogP contribution in [0.5, 0.6) is 5.75 Å². The quantitative estimate of drug-likeness (QED) is 0.876. The number of nitrogens with zero attached hydrogens (tertiary/aromatic N) is 1. The van der Waals surface area contributed by atoms with Crippen LogP contribution in [0.25, 0.3) is 0 Å². The monoisotopic (exact) mass is 276 g/mol.